The predicted molar refractivity (Wildman–Crippen MR) is 198 cm³/mol. The van der Waals surface area contributed by atoms with Gasteiger partial charge in [0.05, 0.1) is 18.8 Å². The maximum atomic E-state index is 12.3. The Bertz CT molecular complexity index is 608. The first kappa shape index (κ1) is 44.1. The van der Waals surface area contributed by atoms with Gasteiger partial charge in [-0.1, -0.05) is 212 Å². The van der Waals surface area contributed by atoms with Crippen LogP contribution in [0, 0.1) is 0 Å². The summed E-state index contributed by atoms with van der Waals surface area (Å²) in [5.41, 5.74) is 0. The Balaban J connectivity index is 3.51. The molecule has 0 heterocycles. The van der Waals surface area contributed by atoms with E-state index in [0.717, 1.165) is 25.7 Å². The molecule has 0 aliphatic heterocycles. The Kier molecular flexibility index (Phi) is 36.9. The molecule has 0 aromatic rings. The van der Waals surface area contributed by atoms with Gasteiger partial charge in [-0.25, -0.2) is 0 Å². The zero-order valence-electron chi connectivity index (χ0n) is 30.7. The number of nitrogens with one attached hydrogen (secondary N) is 1. The molecular formula is C41H81NO3. The summed E-state index contributed by atoms with van der Waals surface area (Å²) in [6.07, 6.45) is 46.0. The van der Waals surface area contributed by atoms with Crippen molar-refractivity contribution in [2.75, 3.05) is 6.61 Å². The van der Waals surface area contributed by atoms with Gasteiger partial charge < -0.3 is 15.5 Å². The molecule has 0 aliphatic carbocycles. The van der Waals surface area contributed by atoms with Gasteiger partial charge in [0.2, 0.25) is 5.91 Å². The SMILES string of the molecule is CCCCCCCCCCCC/C=C/C(O)C(CO)NC(=O)CCCCCCCCCCCCCCCCCCCCCCC. The fourth-order valence-electron chi connectivity index (χ4n) is 6.35. The Morgan fingerprint density at radius 2 is 0.822 bits per heavy atom. The Morgan fingerprint density at radius 3 is 1.16 bits per heavy atom. The normalized spacial score (nSPS) is 13.1. The van der Waals surface area contributed by atoms with Crippen LogP contribution in [0.3, 0.4) is 0 Å². The van der Waals surface area contributed by atoms with Gasteiger partial charge >= 0.3 is 0 Å². The summed E-state index contributed by atoms with van der Waals surface area (Å²) in [5.74, 6) is -0.0611. The van der Waals surface area contributed by atoms with Gasteiger partial charge in [0.25, 0.3) is 0 Å². The quantitative estimate of drug-likeness (QED) is 0.0470. The lowest BCUT2D eigenvalue weighted by Crippen LogP contribution is -2.45. The first-order chi connectivity index (χ1) is 22.2. The highest BCUT2D eigenvalue weighted by molar-refractivity contribution is 5.76. The Hall–Kier alpha value is -0.870. The average molecular weight is 636 g/mol. The minimum absolute atomic E-state index is 0.0611. The van der Waals surface area contributed by atoms with Crippen LogP contribution in [0.1, 0.15) is 226 Å². The molecular weight excluding hydrogens is 554 g/mol. The van der Waals surface area contributed by atoms with Crippen molar-refractivity contribution in [1.82, 2.24) is 5.32 Å². The highest BCUT2D eigenvalue weighted by Crippen LogP contribution is 2.16. The number of amides is 1. The van der Waals surface area contributed by atoms with E-state index < -0.39 is 12.1 Å². The first-order valence-electron chi connectivity index (χ1n) is 20.4. The van der Waals surface area contributed by atoms with Crippen LogP contribution in [0.2, 0.25) is 0 Å². The van der Waals surface area contributed by atoms with E-state index in [2.05, 4.69) is 19.2 Å². The number of carbonyl (C=O) groups is 1. The summed E-state index contributed by atoms with van der Waals surface area (Å²) >= 11 is 0. The molecule has 4 nitrogen and oxygen atoms in total. The number of hydrogen-bond acceptors (Lipinski definition) is 3. The maximum absolute atomic E-state index is 12.3. The van der Waals surface area contributed by atoms with E-state index in [1.54, 1.807) is 6.08 Å². The van der Waals surface area contributed by atoms with Gasteiger partial charge in [-0.15, -0.1) is 0 Å². The van der Waals surface area contributed by atoms with Crippen LogP contribution in [-0.2, 0) is 4.79 Å². The summed E-state index contributed by atoms with van der Waals surface area (Å²) in [5, 5.41) is 22.9. The molecule has 45 heavy (non-hydrogen) atoms. The van der Waals surface area contributed by atoms with Gasteiger partial charge in [0, 0.05) is 6.42 Å². The van der Waals surface area contributed by atoms with Crippen LogP contribution in [0.25, 0.3) is 0 Å². The fraction of sp³-hybridized carbons (Fsp3) is 0.927. The number of aliphatic hydroxyl groups excluding tert-OH is 2. The lowest BCUT2D eigenvalue weighted by atomic mass is 10.0. The molecule has 0 aromatic carbocycles. The molecule has 0 spiro atoms. The molecule has 2 atom stereocenters. The molecule has 0 aliphatic rings. The maximum Gasteiger partial charge on any atom is 0.220 e. The first-order valence-corrected chi connectivity index (χ1v) is 20.4. The van der Waals surface area contributed by atoms with Gasteiger partial charge in [0.1, 0.15) is 0 Å². The fourth-order valence-corrected chi connectivity index (χ4v) is 6.35. The van der Waals surface area contributed by atoms with Crippen molar-refractivity contribution in [1.29, 1.82) is 0 Å². The Morgan fingerprint density at radius 1 is 0.511 bits per heavy atom. The highest BCUT2D eigenvalue weighted by atomic mass is 16.3. The molecule has 0 fully saturated rings. The molecule has 0 saturated carbocycles. The number of aliphatic hydroxyl groups is 2. The number of hydrogen-bond donors (Lipinski definition) is 3. The number of carbonyl (C=O) groups excluding carboxylic acids is 1. The zero-order chi connectivity index (χ0) is 32.9. The smallest absolute Gasteiger partial charge is 0.220 e. The van der Waals surface area contributed by atoms with Gasteiger partial charge in [-0.3, -0.25) is 4.79 Å². The van der Waals surface area contributed by atoms with Gasteiger partial charge in [0.15, 0.2) is 0 Å². The Labute approximate surface area is 282 Å². The number of allylic oxidation sites excluding steroid dienone is 1. The number of unbranched alkanes of at least 4 members (excludes halogenated alkanes) is 30. The molecule has 0 radical (unpaired) electrons. The van der Waals surface area contributed by atoms with Crippen molar-refractivity contribution in [2.24, 2.45) is 0 Å². The molecule has 0 rings (SSSR count). The third kappa shape index (κ3) is 34.3. The molecule has 4 heteroatoms. The van der Waals surface area contributed by atoms with Crippen LogP contribution in [0.5, 0.6) is 0 Å². The van der Waals surface area contributed by atoms with E-state index in [4.69, 9.17) is 0 Å². The van der Waals surface area contributed by atoms with Crippen molar-refractivity contribution in [3.8, 4) is 0 Å². The van der Waals surface area contributed by atoms with Gasteiger partial charge in [-0.2, -0.15) is 0 Å². The van der Waals surface area contributed by atoms with E-state index in [9.17, 15) is 15.0 Å². The minimum Gasteiger partial charge on any atom is -0.394 e. The summed E-state index contributed by atoms with van der Waals surface area (Å²) < 4.78 is 0. The van der Waals surface area contributed by atoms with Crippen LogP contribution in [0.4, 0.5) is 0 Å². The lowest BCUT2D eigenvalue weighted by Gasteiger charge is -2.20. The average Bonchev–Trinajstić information content (AvgIpc) is 3.04. The van der Waals surface area contributed by atoms with Crippen molar-refractivity contribution in [3.63, 3.8) is 0 Å². The van der Waals surface area contributed by atoms with Crippen LogP contribution in [-0.4, -0.2) is 34.9 Å². The summed E-state index contributed by atoms with van der Waals surface area (Å²) in [6, 6.07) is -0.614. The van der Waals surface area contributed by atoms with E-state index in [1.807, 2.05) is 6.08 Å². The zero-order valence-corrected chi connectivity index (χ0v) is 30.7. The minimum atomic E-state index is -0.832. The van der Waals surface area contributed by atoms with E-state index >= 15 is 0 Å². The van der Waals surface area contributed by atoms with Crippen LogP contribution < -0.4 is 5.32 Å². The van der Waals surface area contributed by atoms with E-state index in [-0.39, 0.29) is 12.5 Å². The molecule has 0 aromatic heterocycles. The summed E-state index contributed by atoms with van der Waals surface area (Å²) in [4.78, 5) is 12.3. The number of rotatable bonds is 37. The molecule has 2 unspecified atom stereocenters. The standard InChI is InChI=1S/C41H81NO3/c1-3-5-7-9-11-13-15-17-18-19-20-21-22-23-24-25-27-29-31-33-35-37-41(45)42-39(38-43)40(44)36-34-32-30-28-26-16-14-12-10-8-6-4-2/h34,36,39-40,43-44H,3-33,35,37-38H2,1-2H3,(H,42,45)/b36-34+. The molecule has 0 saturated heterocycles. The van der Waals surface area contributed by atoms with Crippen molar-refractivity contribution < 1.29 is 15.0 Å². The third-order valence-electron chi connectivity index (χ3n) is 9.52. The van der Waals surface area contributed by atoms with E-state index in [0.29, 0.717) is 6.42 Å². The van der Waals surface area contributed by atoms with Crippen molar-refractivity contribution in [2.45, 2.75) is 238 Å². The molecule has 0 bridgehead atoms. The second-order valence-corrected chi connectivity index (χ2v) is 14.1. The third-order valence-corrected chi connectivity index (χ3v) is 9.52. The van der Waals surface area contributed by atoms with Crippen molar-refractivity contribution in [3.05, 3.63) is 12.2 Å². The van der Waals surface area contributed by atoms with E-state index in [1.165, 1.54) is 180 Å². The predicted octanol–water partition coefficient (Wildman–Crippen LogP) is 12.3. The highest BCUT2D eigenvalue weighted by Gasteiger charge is 2.17. The monoisotopic (exact) mass is 636 g/mol. The summed E-state index contributed by atoms with van der Waals surface area (Å²) in [6.45, 7) is 4.31. The molecule has 1 amide bonds. The van der Waals surface area contributed by atoms with Crippen LogP contribution in [0.15, 0.2) is 12.2 Å². The second-order valence-electron chi connectivity index (χ2n) is 14.1. The topological polar surface area (TPSA) is 69.6 Å². The van der Waals surface area contributed by atoms with Gasteiger partial charge in [-0.05, 0) is 19.3 Å². The summed E-state index contributed by atoms with van der Waals surface area (Å²) in [7, 11) is 0. The largest absolute Gasteiger partial charge is 0.394 e. The van der Waals surface area contributed by atoms with Crippen LogP contribution >= 0.6 is 0 Å². The second kappa shape index (κ2) is 37.6. The molecule has 3 N–H and O–H groups in total. The molecule has 268 valence electrons. The lowest BCUT2D eigenvalue weighted by molar-refractivity contribution is -0.123. The van der Waals surface area contributed by atoms with Crippen molar-refractivity contribution >= 4 is 5.91 Å².